The molecule has 0 aliphatic heterocycles. The van der Waals surface area contributed by atoms with E-state index in [1.807, 2.05) is 67.7 Å². The quantitative estimate of drug-likeness (QED) is 0.520. The van der Waals surface area contributed by atoms with Crippen LogP contribution in [0.15, 0.2) is 72.9 Å². The molecule has 2 N–H and O–H groups in total. The molecular formula is C27H31N3O2. The van der Waals surface area contributed by atoms with Gasteiger partial charge in [0.2, 0.25) is 0 Å². The smallest absolute Gasteiger partial charge is 0.270 e. The van der Waals surface area contributed by atoms with Gasteiger partial charge in [0, 0.05) is 24.3 Å². The number of hydrogen-bond acceptors (Lipinski definition) is 4. The van der Waals surface area contributed by atoms with E-state index in [-0.39, 0.29) is 12.0 Å². The van der Waals surface area contributed by atoms with Crippen LogP contribution in [0.3, 0.4) is 0 Å². The number of pyridine rings is 1. The van der Waals surface area contributed by atoms with Crippen molar-refractivity contribution in [2.24, 2.45) is 0 Å². The van der Waals surface area contributed by atoms with E-state index in [1.165, 1.54) is 19.3 Å². The first-order valence-electron chi connectivity index (χ1n) is 11.4. The summed E-state index contributed by atoms with van der Waals surface area (Å²) in [5, 5.41) is 6.36. The summed E-state index contributed by atoms with van der Waals surface area (Å²) in [5.41, 5.74) is 3.49. The number of aromatic nitrogens is 1. The Kier molecular flexibility index (Phi) is 7.51. The second kappa shape index (κ2) is 10.9. The maximum Gasteiger partial charge on any atom is 0.270 e. The van der Waals surface area contributed by atoms with E-state index in [2.05, 4.69) is 15.6 Å². The Morgan fingerprint density at radius 3 is 2.62 bits per heavy atom. The molecule has 32 heavy (non-hydrogen) atoms. The summed E-state index contributed by atoms with van der Waals surface area (Å²) in [6.07, 6.45) is 7.75. The third-order valence-corrected chi connectivity index (χ3v) is 6.04. The van der Waals surface area contributed by atoms with E-state index in [0.29, 0.717) is 18.3 Å². The lowest BCUT2D eigenvalue weighted by atomic mass is 10.1. The van der Waals surface area contributed by atoms with Crippen LogP contribution in [0.4, 0.5) is 0 Å². The second-order valence-corrected chi connectivity index (χ2v) is 8.37. The molecule has 1 fully saturated rings. The molecule has 0 spiro atoms. The minimum absolute atomic E-state index is 0.184. The lowest BCUT2D eigenvalue weighted by molar-refractivity contribution is 0.0946. The molecule has 1 unspecified atom stereocenters. The maximum atomic E-state index is 12.6. The highest BCUT2D eigenvalue weighted by molar-refractivity contribution is 5.92. The van der Waals surface area contributed by atoms with Crippen molar-refractivity contribution >= 4 is 5.91 Å². The zero-order valence-electron chi connectivity index (χ0n) is 18.6. The number of carbonyl (C=O) groups is 1. The lowest BCUT2D eigenvalue weighted by Gasteiger charge is -2.21. The molecule has 1 aromatic heterocycles. The van der Waals surface area contributed by atoms with Gasteiger partial charge in [-0.05, 0) is 62.1 Å². The van der Waals surface area contributed by atoms with Gasteiger partial charge in [0.15, 0.2) is 0 Å². The van der Waals surface area contributed by atoms with Crippen molar-refractivity contribution in [3.05, 3.63) is 84.2 Å². The zero-order chi connectivity index (χ0) is 22.2. The minimum atomic E-state index is -0.184. The number of amides is 1. The molecule has 1 saturated carbocycles. The molecule has 5 heteroatoms. The third-order valence-electron chi connectivity index (χ3n) is 6.04. The van der Waals surface area contributed by atoms with E-state index in [9.17, 15) is 4.79 Å². The first kappa shape index (κ1) is 22.0. The number of carbonyl (C=O) groups excluding carboxylic acids is 1. The van der Waals surface area contributed by atoms with E-state index < -0.39 is 0 Å². The fourth-order valence-electron chi connectivity index (χ4n) is 4.21. The lowest BCUT2D eigenvalue weighted by Crippen LogP contribution is -2.30. The predicted octanol–water partition coefficient (Wildman–Crippen LogP) is 4.98. The molecule has 1 heterocycles. The fraction of sp³-hybridized carbons (Fsp3) is 0.333. The van der Waals surface area contributed by atoms with Crippen LogP contribution in [0, 0.1) is 0 Å². The van der Waals surface area contributed by atoms with E-state index in [0.717, 1.165) is 35.3 Å². The Hall–Kier alpha value is -3.18. The minimum Gasteiger partial charge on any atom is -0.490 e. The van der Waals surface area contributed by atoms with Crippen molar-refractivity contribution in [3.8, 4) is 16.9 Å². The number of hydrogen-bond donors (Lipinski definition) is 2. The highest BCUT2D eigenvalue weighted by Crippen LogP contribution is 2.24. The highest BCUT2D eigenvalue weighted by atomic mass is 16.5. The molecule has 0 bridgehead atoms. The molecule has 0 saturated heterocycles. The molecule has 2 atom stereocenters. The van der Waals surface area contributed by atoms with Gasteiger partial charge in [0.05, 0.1) is 0 Å². The van der Waals surface area contributed by atoms with Gasteiger partial charge in [-0.3, -0.25) is 9.78 Å². The average molecular weight is 430 g/mol. The van der Waals surface area contributed by atoms with Gasteiger partial charge < -0.3 is 15.4 Å². The molecule has 4 rings (SSSR count). The number of rotatable bonds is 7. The summed E-state index contributed by atoms with van der Waals surface area (Å²) >= 11 is 0. The Morgan fingerprint density at radius 1 is 1.00 bits per heavy atom. The van der Waals surface area contributed by atoms with Gasteiger partial charge in [-0.15, -0.1) is 0 Å². The molecule has 166 valence electrons. The molecule has 1 aliphatic carbocycles. The van der Waals surface area contributed by atoms with Gasteiger partial charge in [0.1, 0.15) is 17.5 Å². The van der Waals surface area contributed by atoms with Gasteiger partial charge in [-0.25, -0.2) is 0 Å². The van der Waals surface area contributed by atoms with Gasteiger partial charge >= 0.3 is 0 Å². The van der Waals surface area contributed by atoms with E-state index >= 15 is 0 Å². The van der Waals surface area contributed by atoms with Crippen LogP contribution in [0.5, 0.6) is 5.75 Å². The topological polar surface area (TPSA) is 63.2 Å². The Balaban J connectivity index is 1.33. The Labute approximate surface area is 190 Å². The largest absolute Gasteiger partial charge is 0.490 e. The van der Waals surface area contributed by atoms with Gasteiger partial charge in [0.25, 0.3) is 5.91 Å². The Bertz CT molecular complexity index is 1000. The van der Waals surface area contributed by atoms with Crippen molar-refractivity contribution in [1.82, 2.24) is 15.6 Å². The average Bonchev–Trinajstić information content (AvgIpc) is 3.08. The Morgan fingerprint density at radius 2 is 1.84 bits per heavy atom. The van der Waals surface area contributed by atoms with Crippen LogP contribution >= 0.6 is 0 Å². The number of nitrogens with one attached hydrogen (secondary N) is 2. The summed E-state index contributed by atoms with van der Waals surface area (Å²) in [7, 11) is 2.03. The molecule has 3 aromatic rings. The van der Waals surface area contributed by atoms with Crippen molar-refractivity contribution in [3.63, 3.8) is 0 Å². The molecule has 2 aromatic carbocycles. The summed E-state index contributed by atoms with van der Waals surface area (Å²) in [6, 6.07) is 22.2. The van der Waals surface area contributed by atoms with Crippen molar-refractivity contribution in [2.45, 2.75) is 50.8 Å². The van der Waals surface area contributed by atoms with Crippen LogP contribution < -0.4 is 15.4 Å². The number of ether oxygens (including phenoxy) is 1. The second-order valence-electron chi connectivity index (χ2n) is 8.37. The molecule has 5 nitrogen and oxygen atoms in total. The molecular weight excluding hydrogens is 398 g/mol. The predicted molar refractivity (Wildman–Crippen MR) is 128 cm³/mol. The number of nitrogens with zero attached hydrogens (tertiary/aromatic N) is 1. The van der Waals surface area contributed by atoms with Gasteiger partial charge in [-0.2, -0.15) is 0 Å². The zero-order valence-corrected chi connectivity index (χ0v) is 18.6. The number of benzene rings is 2. The first-order valence-corrected chi connectivity index (χ1v) is 11.4. The van der Waals surface area contributed by atoms with E-state index in [4.69, 9.17) is 4.74 Å². The van der Waals surface area contributed by atoms with E-state index in [1.54, 1.807) is 12.3 Å². The standard InChI is InChI=1S/C27H31N3O2/c1-28-23-11-5-6-12-25(17-23)32-24-13-7-8-20(16-24)18-30-27(31)26-15-14-22(19-29-26)21-9-3-2-4-10-21/h2-4,7-10,13-16,19,23,25,28H,5-6,11-12,17-18H2,1H3,(H,30,31)/t23?,25-/m0/s1. The van der Waals surface area contributed by atoms with Crippen LogP contribution in [0.2, 0.25) is 0 Å². The monoisotopic (exact) mass is 429 g/mol. The summed E-state index contributed by atoms with van der Waals surface area (Å²) < 4.78 is 6.29. The third kappa shape index (κ3) is 5.95. The van der Waals surface area contributed by atoms with Crippen molar-refractivity contribution < 1.29 is 9.53 Å². The van der Waals surface area contributed by atoms with Crippen LogP contribution in [-0.2, 0) is 6.54 Å². The summed E-state index contributed by atoms with van der Waals surface area (Å²) in [6.45, 7) is 0.432. The SMILES string of the molecule is CNC1CCCC[C@H](Oc2cccc(CNC(=O)c3ccc(-c4ccccc4)cn3)c2)C1. The fourth-order valence-corrected chi connectivity index (χ4v) is 4.21. The molecule has 0 radical (unpaired) electrons. The van der Waals surface area contributed by atoms with Crippen LogP contribution in [-0.4, -0.2) is 30.1 Å². The summed E-state index contributed by atoms with van der Waals surface area (Å²) in [5.74, 6) is 0.681. The first-order chi connectivity index (χ1) is 15.7. The van der Waals surface area contributed by atoms with Crippen molar-refractivity contribution in [1.29, 1.82) is 0 Å². The van der Waals surface area contributed by atoms with Crippen LogP contribution in [0.25, 0.3) is 11.1 Å². The maximum absolute atomic E-state index is 12.6. The van der Waals surface area contributed by atoms with Crippen LogP contribution in [0.1, 0.15) is 48.2 Å². The normalized spacial score (nSPS) is 18.5. The van der Waals surface area contributed by atoms with Gasteiger partial charge in [-0.1, -0.05) is 55.0 Å². The molecule has 1 amide bonds. The van der Waals surface area contributed by atoms with Crippen molar-refractivity contribution in [2.75, 3.05) is 7.05 Å². The highest BCUT2D eigenvalue weighted by Gasteiger charge is 2.20. The summed E-state index contributed by atoms with van der Waals surface area (Å²) in [4.78, 5) is 16.9. The molecule has 1 aliphatic rings.